The molecule has 2 rings (SSSR count). The van der Waals surface area contributed by atoms with E-state index in [1.54, 1.807) is 12.4 Å². The van der Waals surface area contributed by atoms with Gasteiger partial charge in [-0.15, -0.1) is 0 Å². The average molecular weight is 190 g/mol. The van der Waals surface area contributed by atoms with Crippen molar-refractivity contribution in [2.75, 3.05) is 0 Å². The smallest absolute Gasteiger partial charge is 0.143 e. The molecule has 0 aromatic carbocycles. The van der Waals surface area contributed by atoms with E-state index in [0.29, 0.717) is 6.54 Å². The molecule has 2 heterocycles. The van der Waals surface area contributed by atoms with Crippen molar-refractivity contribution in [2.45, 2.75) is 13.5 Å². The van der Waals surface area contributed by atoms with E-state index < -0.39 is 0 Å². The van der Waals surface area contributed by atoms with Gasteiger partial charge in [-0.2, -0.15) is 10.2 Å². The van der Waals surface area contributed by atoms with Crippen molar-refractivity contribution in [3.63, 3.8) is 0 Å². The lowest BCUT2D eigenvalue weighted by molar-refractivity contribution is 0.398. The van der Waals surface area contributed by atoms with E-state index in [2.05, 4.69) is 15.4 Å². The third kappa shape index (κ3) is 1.49. The molecule has 0 unspecified atom stereocenters. The molecule has 72 valence electrons. The lowest BCUT2D eigenvalue weighted by Gasteiger charge is -1.98. The molecule has 0 aliphatic rings. The van der Waals surface area contributed by atoms with Crippen LogP contribution >= 0.6 is 0 Å². The van der Waals surface area contributed by atoms with Gasteiger partial charge in [0.2, 0.25) is 0 Å². The van der Waals surface area contributed by atoms with Gasteiger partial charge in [-0.25, -0.2) is 0 Å². The van der Waals surface area contributed by atoms with E-state index in [-0.39, 0.29) is 0 Å². The van der Waals surface area contributed by atoms with E-state index in [9.17, 15) is 0 Å². The number of hydrogen-bond acceptors (Lipinski definition) is 5. The van der Waals surface area contributed by atoms with Crippen LogP contribution in [0.3, 0.4) is 0 Å². The maximum Gasteiger partial charge on any atom is 0.143 e. The second-order valence-electron chi connectivity index (χ2n) is 2.95. The Bertz CT molecular complexity index is 438. The van der Waals surface area contributed by atoms with Gasteiger partial charge in [-0.05, 0) is 18.6 Å². The predicted octanol–water partition coefficient (Wildman–Crippen LogP) is 0.899. The van der Waals surface area contributed by atoms with Crippen LogP contribution in [0, 0.1) is 6.92 Å². The summed E-state index contributed by atoms with van der Waals surface area (Å²) in [5, 5.41) is 11.5. The quantitative estimate of drug-likeness (QED) is 0.761. The minimum absolute atomic E-state index is 0.451. The van der Waals surface area contributed by atoms with Gasteiger partial charge in [0, 0.05) is 6.54 Å². The lowest BCUT2D eigenvalue weighted by atomic mass is 10.1. The van der Waals surface area contributed by atoms with Crippen molar-refractivity contribution in [1.82, 2.24) is 15.4 Å². The maximum absolute atomic E-state index is 5.50. The molecular weight excluding hydrogens is 180 g/mol. The summed E-state index contributed by atoms with van der Waals surface area (Å²) in [5.74, 6) is 0.730. The number of aryl methyl sites for hydroxylation is 1. The first-order valence-corrected chi connectivity index (χ1v) is 4.24. The van der Waals surface area contributed by atoms with Crippen LogP contribution in [0.25, 0.3) is 11.3 Å². The molecule has 0 amide bonds. The molecule has 5 nitrogen and oxygen atoms in total. The summed E-state index contributed by atoms with van der Waals surface area (Å²) in [6, 6.07) is 1.88. The van der Waals surface area contributed by atoms with E-state index in [1.807, 2.05) is 13.0 Å². The molecule has 5 heteroatoms. The van der Waals surface area contributed by atoms with Crippen molar-refractivity contribution >= 4 is 0 Å². The van der Waals surface area contributed by atoms with Crippen molar-refractivity contribution in [3.8, 4) is 11.3 Å². The Morgan fingerprint density at radius 1 is 1.43 bits per heavy atom. The largest absolute Gasteiger partial charge is 0.361 e. The molecule has 0 aliphatic heterocycles. The number of nitrogens with zero attached hydrogens (tertiary/aromatic N) is 3. The normalized spacial score (nSPS) is 10.4. The number of hydrogen-bond donors (Lipinski definition) is 1. The molecule has 0 atom stereocenters. The summed E-state index contributed by atoms with van der Waals surface area (Å²) in [6.45, 7) is 2.28. The first-order chi connectivity index (χ1) is 6.81. The first kappa shape index (κ1) is 8.83. The molecule has 0 fully saturated rings. The minimum Gasteiger partial charge on any atom is -0.361 e. The Labute approximate surface area is 80.9 Å². The molecule has 0 saturated heterocycles. The van der Waals surface area contributed by atoms with Gasteiger partial charge in [0.25, 0.3) is 0 Å². The number of aromatic nitrogens is 3. The standard InChI is InChI=1S/C9H10N4O/c1-6-8(5-12-14-6)9-2-7(3-10)4-11-13-9/h2,4-5H,3,10H2,1H3. The van der Waals surface area contributed by atoms with E-state index in [1.165, 1.54) is 0 Å². The highest BCUT2D eigenvalue weighted by molar-refractivity contribution is 5.59. The van der Waals surface area contributed by atoms with Crippen LogP contribution in [0.15, 0.2) is 23.0 Å². The summed E-state index contributed by atoms with van der Waals surface area (Å²) < 4.78 is 4.94. The highest BCUT2D eigenvalue weighted by Gasteiger charge is 2.08. The van der Waals surface area contributed by atoms with E-state index in [4.69, 9.17) is 10.3 Å². The highest BCUT2D eigenvalue weighted by Crippen LogP contribution is 2.20. The van der Waals surface area contributed by atoms with Crippen molar-refractivity contribution in [3.05, 3.63) is 29.8 Å². The Hall–Kier alpha value is -1.75. The van der Waals surface area contributed by atoms with E-state index in [0.717, 1.165) is 22.6 Å². The van der Waals surface area contributed by atoms with Crippen LogP contribution < -0.4 is 5.73 Å². The van der Waals surface area contributed by atoms with Crippen LogP contribution in [-0.2, 0) is 6.54 Å². The van der Waals surface area contributed by atoms with Gasteiger partial charge in [0.15, 0.2) is 0 Å². The summed E-state index contributed by atoms with van der Waals surface area (Å²) in [5.41, 5.74) is 8.04. The van der Waals surface area contributed by atoms with Crippen LogP contribution in [-0.4, -0.2) is 15.4 Å². The fraction of sp³-hybridized carbons (Fsp3) is 0.222. The predicted molar refractivity (Wildman–Crippen MR) is 50.2 cm³/mol. The molecule has 0 saturated carbocycles. The minimum atomic E-state index is 0.451. The molecule has 0 radical (unpaired) electrons. The summed E-state index contributed by atoms with van der Waals surface area (Å²) in [4.78, 5) is 0. The van der Waals surface area contributed by atoms with Crippen molar-refractivity contribution in [2.24, 2.45) is 5.73 Å². The lowest BCUT2D eigenvalue weighted by Crippen LogP contribution is -1.99. The number of rotatable bonds is 2. The second kappa shape index (κ2) is 3.55. The zero-order chi connectivity index (χ0) is 9.97. The Morgan fingerprint density at radius 2 is 2.29 bits per heavy atom. The van der Waals surface area contributed by atoms with Crippen molar-refractivity contribution in [1.29, 1.82) is 0 Å². The van der Waals surface area contributed by atoms with Crippen LogP contribution in [0.5, 0.6) is 0 Å². The van der Waals surface area contributed by atoms with E-state index >= 15 is 0 Å². The Kier molecular flexibility index (Phi) is 2.24. The fourth-order valence-corrected chi connectivity index (χ4v) is 1.19. The summed E-state index contributed by atoms with van der Waals surface area (Å²) in [6.07, 6.45) is 3.27. The third-order valence-electron chi connectivity index (χ3n) is 1.97. The average Bonchev–Trinajstić information content (AvgIpc) is 2.65. The van der Waals surface area contributed by atoms with Gasteiger partial charge in [-0.1, -0.05) is 5.16 Å². The van der Waals surface area contributed by atoms with Gasteiger partial charge in [-0.3, -0.25) is 0 Å². The Morgan fingerprint density at radius 3 is 2.93 bits per heavy atom. The summed E-state index contributed by atoms with van der Waals surface area (Å²) >= 11 is 0. The SMILES string of the molecule is Cc1oncc1-c1cc(CN)cnn1. The number of nitrogens with two attached hydrogens (primary N) is 1. The molecule has 0 bridgehead atoms. The Balaban J connectivity index is 2.47. The summed E-state index contributed by atoms with van der Waals surface area (Å²) in [7, 11) is 0. The van der Waals surface area contributed by atoms with Gasteiger partial charge in [0.05, 0.1) is 23.7 Å². The highest BCUT2D eigenvalue weighted by atomic mass is 16.5. The third-order valence-corrected chi connectivity index (χ3v) is 1.97. The monoisotopic (exact) mass is 190 g/mol. The van der Waals surface area contributed by atoms with Gasteiger partial charge in [0.1, 0.15) is 5.76 Å². The van der Waals surface area contributed by atoms with Crippen LogP contribution in [0.4, 0.5) is 0 Å². The maximum atomic E-state index is 5.50. The molecule has 2 aromatic rings. The molecule has 0 aliphatic carbocycles. The molecule has 2 N–H and O–H groups in total. The van der Waals surface area contributed by atoms with Crippen molar-refractivity contribution < 1.29 is 4.52 Å². The second-order valence-corrected chi connectivity index (χ2v) is 2.95. The molecule has 0 spiro atoms. The zero-order valence-electron chi connectivity index (χ0n) is 7.77. The molecular formula is C9H10N4O. The van der Waals surface area contributed by atoms with Gasteiger partial charge >= 0.3 is 0 Å². The zero-order valence-corrected chi connectivity index (χ0v) is 7.77. The van der Waals surface area contributed by atoms with Crippen LogP contribution in [0.1, 0.15) is 11.3 Å². The molecule has 14 heavy (non-hydrogen) atoms. The van der Waals surface area contributed by atoms with Gasteiger partial charge < -0.3 is 10.3 Å². The van der Waals surface area contributed by atoms with Crippen LogP contribution in [0.2, 0.25) is 0 Å². The fourth-order valence-electron chi connectivity index (χ4n) is 1.19. The topological polar surface area (TPSA) is 77.8 Å². The first-order valence-electron chi connectivity index (χ1n) is 4.24. The molecule has 2 aromatic heterocycles.